The van der Waals surface area contributed by atoms with E-state index in [1.54, 1.807) is 52.0 Å². The minimum absolute atomic E-state index is 0.0120. The molecule has 2 N–H and O–H groups in total. The lowest BCUT2D eigenvalue weighted by molar-refractivity contribution is 0.0738. The van der Waals surface area contributed by atoms with Gasteiger partial charge in [-0.25, -0.2) is 19.3 Å². The summed E-state index contributed by atoms with van der Waals surface area (Å²) in [6.07, 6.45) is 3.18. The molecule has 3 aromatic heterocycles. The molecule has 0 aliphatic carbocycles. The topological polar surface area (TPSA) is 89.4 Å². The van der Waals surface area contributed by atoms with E-state index >= 15 is 4.39 Å². The minimum Gasteiger partial charge on any atom is -0.382 e. The van der Waals surface area contributed by atoms with Crippen molar-refractivity contribution in [3.05, 3.63) is 76.3 Å². The zero-order chi connectivity index (χ0) is 25.2. The van der Waals surface area contributed by atoms with Crippen LogP contribution in [0.4, 0.5) is 10.2 Å². The van der Waals surface area contributed by atoms with Gasteiger partial charge >= 0.3 is 0 Å². The summed E-state index contributed by atoms with van der Waals surface area (Å²) in [6, 6.07) is 8.90. The first-order chi connectivity index (χ1) is 17.2. The quantitative estimate of drug-likeness (QED) is 0.338. The van der Waals surface area contributed by atoms with Crippen molar-refractivity contribution < 1.29 is 9.18 Å². The van der Waals surface area contributed by atoms with Gasteiger partial charge in [0.2, 0.25) is 0 Å². The van der Waals surface area contributed by atoms with Crippen molar-refractivity contribution >= 4 is 51.4 Å². The Morgan fingerprint density at radius 1 is 1.25 bits per heavy atom. The largest absolute Gasteiger partial charge is 0.382 e. The number of carbonyl (C=O) groups excluding carboxylic acids is 1. The van der Waals surface area contributed by atoms with Gasteiger partial charge in [0.15, 0.2) is 0 Å². The maximum Gasteiger partial charge on any atom is 0.257 e. The van der Waals surface area contributed by atoms with Gasteiger partial charge < -0.3 is 10.6 Å². The molecule has 1 aliphatic rings. The number of amides is 1. The van der Waals surface area contributed by atoms with Crippen LogP contribution in [0.25, 0.3) is 27.8 Å². The number of imidazole rings is 1. The van der Waals surface area contributed by atoms with Gasteiger partial charge in [0, 0.05) is 34.6 Å². The minimum atomic E-state index is -0.631. The first kappa shape index (κ1) is 22.9. The van der Waals surface area contributed by atoms with Crippen LogP contribution in [0.5, 0.6) is 0 Å². The summed E-state index contributed by atoms with van der Waals surface area (Å²) < 4.78 is 16.8. The molecule has 0 fully saturated rings. The molecule has 1 amide bonds. The second-order valence-electron chi connectivity index (χ2n) is 9.40. The van der Waals surface area contributed by atoms with Crippen LogP contribution >= 0.6 is 23.1 Å². The molecule has 36 heavy (non-hydrogen) atoms. The molecule has 1 atom stereocenters. The number of anilines is 1. The third-order valence-corrected chi connectivity index (χ3v) is 8.89. The van der Waals surface area contributed by atoms with E-state index in [4.69, 9.17) is 5.73 Å². The summed E-state index contributed by atoms with van der Waals surface area (Å²) in [4.78, 5) is 28.2. The van der Waals surface area contributed by atoms with Crippen molar-refractivity contribution in [2.45, 2.75) is 24.6 Å². The number of thiazole rings is 1. The SMILES string of the molecule is CN(C(=O)c1cc2c(cc1F)nc(N)c1cncn12)[C@@H]1CSC(C)(C)c2cc(-c3cscn3)ccc21. The molecule has 1 aliphatic heterocycles. The van der Waals surface area contributed by atoms with Crippen molar-refractivity contribution in [3.8, 4) is 11.3 Å². The Bertz CT molecular complexity index is 1650. The average Bonchev–Trinajstić information content (AvgIpc) is 3.56. The lowest BCUT2D eigenvalue weighted by Gasteiger charge is -2.40. The standard InChI is InChI=1S/C26H23FN6OS2/c1-26(2)17-6-14(20-10-35-13-30-20)4-5-15(17)23(11-36-26)32(3)25(34)16-7-21-19(8-18(16)27)31-24(28)22-9-29-12-33(21)22/h4-10,12-13,23H,11H2,1-3H3,(H2,28,31)/t23-/m1/s1. The second-order valence-corrected chi connectivity index (χ2v) is 11.8. The number of halogens is 1. The van der Waals surface area contributed by atoms with Crippen molar-refractivity contribution in [2.24, 2.45) is 0 Å². The molecular weight excluding hydrogens is 495 g/mol. The highest BCUT2D eigenvalue weighted by atomic mass is 32.2. The number of benzene rings is 2. The van der Waals surface area contributed by atoms with Crippen molar-refractivity contribution in [1.82, 2.24) is 24.3 Å². The molecule has 0 bridgehead atoms. The Labute approximate surface area is 215 Å². The van der Waals surface area contributed by atoms with E-state index in [0.717, 1.165) is 22.4 Å². The normalized spacial score (nSPS) is 16.8. The third kappa shape index (κ3) is 3.55. The number of carbonyl (C=O) groups is 1. The Balaban J connectivity index is 1.41. The molecule has 182 valence electrons. The molecule has 2 aromatic carbocycles. The number of aromatic nitrogens is 4. The van der Waals surface area contributed by atoms with E-state index in [1.807, 2.05) is 17.0 Å². The van der Waals surface area contributed by atoms with E-state index in [0.29, 0.717) is 22.3 Å². The molecule has 0 unspecified atom stereocenters. The van der Waals surface area contributed by atoms with Gasteiger partial charge in [-0.3, -0.25) is 9.20 Å². The summed E-state index contributed by atoms with van der Waals surface area (Å²) in [7, 11) is 1.74. The summed E-state index contributed by atoms with van der Waals surface area (Å²) in [5.74, 6) is -0.0591. The summed E-state index contributed by atoms with van der Waals surface area (Å²) in [6.45, 7) is 4.38. The fourth-order valence-electron chi connectivity index (χ4n) is 4.85. The Morgan fingerprint density at radius 3 is 2.86 bits per heavy atom. The average molecular weight is 519 g/mol. The van der Waals surface area contributed by atoms with Crippen LogP contribution in [-0.4, -0.2) is 43.0 Å². The highest BCUT2D eigenvalue weighted by Crippen LogP contribution is 2.48. The Hall–Kier alpha value is -3.50. The number of nitrogen functional groups attached to an aromatic ring is 1. The van der Waals surface area contributed by atoms with Crippen LogP contribution in [0.2, 0.25) is 0 Å². The zero-order valence-electron chi connectivity index (χ0n) is 19.9. The molecule has 0 spiro atoms. The first-order valence-corrected chi connectivity index (χ1v) is 13.3. The van der Waals surface area contributed by atoms with Crippen LogP contribution in [0.1, 0.15) is 41.4 Å². The van der Waals surface area contributed by atoms with E-state index in [-0.39, 0.29) is 28.1 Å². The smallest absolute Gasteiger partial charge is 0.257 e. The number of rotatable bonds is 3. The summed E-state index contributed by atoms with van der Waals surface area (Å²) in [5.41, 5.74) is 13.6. The number of thioether (sulfide) groups is 1. The van der Waals surface area contributed by atoms with Crippen LogP contribution in [0.3, 0.4) is 0 Å². The van der Waals surface area contributed by atoms with Gasteiger partial charge in [0.05, 0.1) is 46.4 Å². The molecule has 10 heteroatoms. The van der Waals surface area contributed by atoms with Gasteiger partial charge in [0.1, 0.15) is 17.2 Å². The number of hydrogen-bond acceptors (Lipinski definition) is 7. The molecule has 5 aromatic rings. The van der Waals surface area contributed by atoms with Gasteiger partial charge in [-0.15, -0.1) is 23.1 Å². The van der Waals surface area contributed by atoms with E-state index in [1.165, 1.54) is 12.1 Å². The fourth-order valence-corrected chi connectivity index (χ4v) is 6.72. The van der Waals surface area contributed by atoms with E-state index in [9.17, 15) is 4.79 Å². The lowest BCUT2D eigenvalue weighted by atomic mass is 9.89. The monoisotopic (exact) mass is 518 g/mol. The highest BCUT2D eigenvalue weighted by Gasteiger charge is 2.37. The number of nitrogens with zero attached hydrogens (tertiary/aromatic N) is 5. The Kier molecular flexibility index (Phi) is 5.27. The maximum absolute atomic E-state index is 15.2. The highest BCUT2D eigenvalue weighted by molar-refractivity contribution is 8.00. The van der Waals surface area contributed by atoms with E-state index < -0.39 is 5.82 Å². The van der Waals surface area contributed by atoms with Crippen molar-refractivity contribution in [3.63, 3.8) is 0 Å². The zero-order valence-corrected chi connectivity index (χ0v) is 21.5. The van der Waals surface area contributed by atoms with Crippen LogP contribution in [0, 0.1) is 5.82 Å². The molecular formula is C26H23FN6OS2. The van der Waals surface area contributed by atoms with E-state index in [2.05, 4.69) is 40.9 Å². The molecule has 0 radical (unpaired) electrons. The predicted octanol–water partition coefficient (Wildman–Crippen LogP) is 5.52. The summed E-state index contributed by atoms with van der Waals surface area (Å²) >= 11 is 3.35. The number of nitrogens with two attached hydrogens (primary N) is 1. The Morgan fingerprint density at radius 2 is 2.08 bits per heavy atom. The van der Waals surface area contributed by atoms with Gasteiger partial charge in [-0.1, -0.05) is 12.1 Å². The van der Waals surface area contributed by atoms with Crippen molar-refractivity contribution in [2.75, 3.05) is 18.5 Å². The number of hydrogen-bond donors (Lipinski definition) is 1. The lowest BCUT2D eigenvalue weighted by Crippen LogP contribution is -2.37. The van der Waals surface area contributed by atoms with Crippen LogP contribution in [0.15, 0.2) is 53.7 Å². The first-order valence-electron chi connectivity index (χ1n) is 11.4. The molecule has 6 rings (SSSR count). The number of fused-ring (bicyclic) bond motifs is 4. The summed E-state index contributed by atoms with van der Waals surface area (Å²) in [5, 5.41) is 2.03. The molecule has 0 saturated carbocycles. The van der Waals surface area contributed by atoms with Gasteiger partial charge in [-0.05, 0) is 37.1 Å². The molecule has 4 heterocycles. The third-order valence-electron chi connectivity index (χ3n) is 6.87. The van der Waals surface area contributed by atoms with Gasteiger partial charge in [0.25, 0.3) is 5.91 Å². The van der Waals surface area contributed by atoms with Crippen LogP contribution < -0.4 is 5.73 Å². The van der Waals surface area contributed by atoms with Crippen molar-refractivity contribution in [1.29, 1.82) is 0 Å². The molecule has 7 nitrogen and oxygen atoms in total. The molecule has 0 saturated heterocycles. The predicted molar refractivity (Wildman–Crippen MR) is 143 cm³/mol. The van der Waals surface area contributed by atoms with Crippen LogP contribution in [-0.2, 0) is 4.75 Å². The van der Waals surface area contributed by atoms with Gasteiger partial charge in [-0.2, -0.15) is 0 Å². The fraction of sp³-hybridized carbons (Fsp3) is 0.231. The maximum atomic E-state index is 15.2. The second kappa shape index (κ2) is 8.28.